The van der Waals surface area contributed by atoms with Gasteiger partial charge in [-0.15, -0.1) is 0 Å². The van der Waals surface area contributed by atoms with Crippen molar-refractivity contribution in [2.75, 3.05) is 13.2 Å². The molecule has 4 heteroatoms. The molecule has 0 bridgehead atoms. The van der Waals surface area contributed by atoms with Gasteiger partial charge in [0.25, 0.3) is 0 Å². The standard InChI is InChI=1S/C14H20O3S/c1-11-5-6-13(8-12(11)2)10-18(15,16)14-4-3-7-17-9-14/h5-6,8,14H,3-4,7,9-10H2,1-2H3. The van der Waals surface area contributed by atoms with Crippen LogP contribution < -0.4 is 0 Å². The summed E-state index contributed by atoms with van der Waals surface area (Å²) in [4.78, 5) is 0. The van der Waals surface area contributed by atoms with Crippen molar-refractivity contribution in [2.45, 2.75) is 37.7 Å². The Morgan fingerprint density at radius 1 is 1.28 bits per heavy atom. The van der Waals surface area contributed by atoms with Crippen molar-refractivity contribution in [1.29, 1.82) is 0 Å². The number of aryl methyl sites for hydroxylation is 2. The van der Waals surface area contributed by atoms with Crippen LogP contribution in [0.2, 0.25) is 0 Å². The molecular weight excluding hydrogens is 248 g/mol. The summed E-state index contributed by atoms with van der Waals surface area (Å²) in [6.07, 6.45) is 1.57. The van der Waals surface area contributed by atoms with Gasteiger partial charge in [-0.25, -0.2) is 8.42 Å². The van der Waals surface area contributed by atoms with Gasteiger partial charge >= 0.3 is 0 Å². The molecule has 1 aliphatic rings. The van der Waals surface area contributed by atoms with Crippen LogP contribution in [-0.2, 0) is 20.3 Å². The zero-order chi connectivity index (χ0) is 13.2. The molecule has 1 aliphatic heterocycles. The lowest BCUT2D eigenvalue weighted by Crippen LogP contribution is -2.31. The molecule has 0 radical (unpaired) electrons. The summed E-state index contributed by atoms with van der Waals surface area (Å²) in [5.74, 6) is 0.127. The maximum Gasteiger partial charge on any atom is 0.159 e. The Kier molecular flexibility index (Phi) is 4.07. The summed E-state index contributed by atoms with van der Waals surface area (Å²) in [6.45, 7) is 5.08. The van der Waals surface area contributed by atoms with E-state index in [2.05, 4.69) is 0 Å². The summed E-state index contributed by atoms with van der Waals surface area (Å²) < 4.78 is 29.8. The lowest BCUT2D eigenvalue weighted by molar-refractivity contribution is 0.0991. The van der Waals surface area contributed by atoms with Gasteiger partial charge in [0.05, 0.1) is 17.6 Å². The highest BCUT2D eigenvalue weighted by Crippen LogP contribution is 2.20. The largest absolute Gasteiger partial charge is 0.380 e. The number of benzene rings is 1. The van der Waals surface area contributed by atoms with E-state index in [4.69, 9.17) is 4.74 Å². The normalized spacial score (nSPS) is 20.9. The van der Waals surface area contributed by atoms with Crippen molar-refractivity contribution in [1.82, 2.24) is 0 Å². The van der Waals surface area contributed by atoms with Gasteiger partial charge in [0.2, 0.25) is 0 Å². The van der Waals surface area contributed by atoms with Crippen LogP contribution in [0.5, 0.6) is 0 Å². The van der Waals surface area contributed by atoms with E-state index < -0.39 is 9.84 Å². The predicted octanol–water partition coefficient (Wildman–Crippen LogP) is 2.40. The maximum atomic E-state index is 12.3. The van der Waals surface area contributed by atoms with Crippen LogP contribution in [0.4, 0.5) is 0 Å². The minimum Gasteiger partial charge on any atom is -0.380 e. The monoisotopic (exact) mass is 268 g/mol. The quantitative estimate of drug-likeness (QED) is 0.845. The molecule has 0 saturated carbocycles. The molecule has 1 heterocycles. The van der Waals surface area contributed by atoms with Gasteiger partial charge in [0, 0.05) is 6.61 Å². The first-order valence-electron chi connectivity index (χ1n) is 6.34. The van der Waals surface area contributed by atoms with Gasteiger partial charge < -0.3 is 4.74 Å². The molecule has 1 aromatic rings. The van der Waals surface area contributed by atoms with E-state index in [9.17, 15) is 8.42 Å². The van der Waals surface area contributed by atoms with Crippen molar-refractivity contribution in [2.24, 2.45) is 0 Å². The lowest BCUT2D eigenvalue weighted by Gasteiger charge is -2.22. The SMILES string of the molecule is Cc1ccc(CS(=O)(=O)C2CCCOC2)cc1C. The average molecular weight is 268 g/mol. The maximum absolute atomic E-state index is 12.3. The highest BCUT2D eigenvalue weighted by molar-refractivity contribution is 7.91. The van der Waals surface area contributed by atoms with Gasteiger partial charge in [-0.1, -0.05) is 18.2 Å². The Morgan fingerprint density at radius 3 is 2.67 bits per heavy atom. The van der Waals surface area contributed by atoms with E-state index in [0.29, 0.717) is 13.2 Å². The number of hydrogen-bond acceptors (Lipinski definition) is 3. The summed E-state index contributed by atoms with van der Waals surface area (Å²) >= 11 is 0. The molecule has 1 saturated heterocycles. The van der Waals surface area contributed by atoms with Crippen LogP contribution in [0.25, 0.3) is 0 Å². The van der Waals surface area contributed by atoms with E-state index in [1.54, 1.807) is 0 Å². The van der Waals surface area contributed by atoms with Crippen LogP contribution in [0, 0.1) is 13.8 Å². The Hall–Kier alpha value is -0.870. The Balaban J connectivity index is 2.13. The highest BCUT2D eigenvalue weighted by atomic mass is 32.2. The molecule has 1 fully saturated rings. The molecule has 1 unspecified atom stereocenters. The summed E-state index contributed by atoms with van der Waals surface area (Å²) in [5.41, 5.74) is 3.21. The van der Waals surface area contributed by atoms with E-state index in [1.807, 2.05) is 32.0 Å². The van der Waals surface area contributed by atoms with E-state index in [1.165, 1.54) is 5.56 Å². The van der Waals surface area contributed by atoms with E-state index in [-0.39, 0.29) is 11.0 Å². The molecule has 18 heavy (non-hydrogen) atoms. The van der Waals surface area contributed by atoms with Crippen molar-refractivity contribution in [3.05, 3.63) is 34.9 Å². The fourth-order valence-electron chi connectivity index (χ4n) is 2.24. The van der Waals surface area contributed by atoms with Crippen molar-refractivity contribution < 1.29 is 13.2 Å². The van der Waals surface area contributed by atoms with Crippen LogP contribution in [0.3, 0.4) is 0 Å². The number of rotatable bonds is 3. The molecule has 2 rings (SSSR count). The third kappa shape index (κ3) is 3.12. The first-order chi connectivity index (χ1) is 8.49. The molecule has 0 spiro atoms. The molecule has 1 aromatic carbocycles. The van der Waals surface area contributed by atoms with Gasteiger partial charge in [-0.3, -0.25) is 0 Å². The molecule has 1 atom stereocenters. The Bertz CT molecular complexity index is 514. The number of hydrogen-bond donors (Lipinski definition) is 0. The number of ether oxygens (including phenoxy) is 1. The summed E-state index contributed by atoms with van der Waals surface area (Å²) in [7, 11) is -3.09. The second-order valence-corrected chi connectivity index (χ2v) is 7.35. The topological polar surface area (TPSA) is 43.4 Å². The average Bonchev–Trinajstić information content (AvgIpc) is 2.35. The lowest BCUT2D eigenvalue weighted by atomic mass is 10.1. The molecule has 0 aliphatic carbocycles. The summed E-state index contributed by atoms with van der Waals surface area (Å²) in [5, 5.41) is -0.326. The van der Waals surface area contributed by atoms with Gasteiger partial charge in [0.1, 0.15) is 0 Å². The third-order valence-corrected chi connectivity index (χ3v) is 5.69. The van der Waals surface area contributed by atoms with Gasteiger partial charge in [-0.05, 0) is 43.4 Å². The van der Waals surface area contributed by atoms with Crippen molar-refractivity contribution in [3.8, 4) is 0 Å². The Labute approximate surface area is 109 Å². The van der Waals surface area contributed by atoms with E-state index in [0.717, 1.165) is 24.0 Å². The zero-order valence-electron chi connectivity index (χ0n) is 11.0. The zero-order valence-corrected chi connectivity index (χ0v) is 11.8. The fraction of sp³-hybridized carbons (Fsp3) is 0.571. The van der Waals surface area contributed by atoms with Crippen molar-refractivity contribution in [3.63, 3.8) is 0 Å². The molecular formula is C14H20O3S. The van der Waals surface area contributed by atoms with Crippen LogP contribution >= 0.6 is 0 Å². The first kappa shape index (κ1) is 13.6. The Morgan fingerprint density at radius 2 is 2.06 bits per heavy atom. The molecule has 100 valence electrons. The molecule has 0 amide bonds. The smallest absolute Gasteiger partial charge is 0.159 e. The van der Waals surface area contributed by atoms with E-state index >= 15 is 0 Å². The van der Waals surface area contributed by atoms with Crippen molar-refractivity contribution >= 4 is 9.84 Å². The second-order valence-electron chi connectivity index (χ2n) is 5.06. The second kappa shape index (κ2) is 5.41. The van der Waals surface area contributed by atoms with Crippen LogP contribution in [-0.4, -0.2) is 26.9 Å². The summed E-state index contributed by atoms with van der Waals surface area (Å²) in [6, 6.07) is 5.86. The highest BCUT2D eigenvalue weighted by Gasteiger charge is 2.28. The van der Waals surface area contributed by atoms with Gasteiger partial charge in [-0.2, -0.15) is 0 Å². The van der Waals surface area contributed by atoms with Gasteiger partial charge in [0.15, 0.2) is 9.84 Å². The molecule has 0 N–H and O–H groups in total. The third-order valence-electron chi connectivity index (χ3n) is 3.57. The van der Waals surface area contributed by atoms with Crippen LogP contribution in [0.1, 0.15) is 29.5 Å². The first-order valence-corrected chi connectivity index (χ1v) is 8.06. The van der Waals surface area contributed by atoms with Crippen LogP contribution in [0.15, 0.2) is 18.2 Å². The fourth-order valence-corrected chi connectivity index (χ4v) is 3.95. The molecule has 0 aromatic heterocycles. The minimum atomic E-state index is -3.09. The number of sulfone groups is 1. The predicted molar refractivity (Wildman–Crippen MR) is 72.4 cm³/mol. The molecule has 3 nitrogen and oxygen atoms in total. The minimum absolute atomic E-state index is 0.127.